The van der Waals surface area contributed by atoms with Gasteiger partial charge in [-0.25, -0.2) is 0 Å². The number of hydrazine groups is 1. The van der Waals surface area contributed by atoms with E-state index >= 15 is 0 Å². The topological polar surface area (TPSA) is 61.8 Å². The molecule has 0 atom stereocenters. The summed E-state index contributed by atoms with van der Waals surface area (Å²) in [5.41, 5.74) is 7.88. The van der Waals surface area contributed by atoms with E-state index < -0.39 is 0 Å². The van der Waals surface area contributed by atoms with Crippen molar-refractivity contribution in [2.24, 2.45) is 0 Å². The quantitative estimate of drug-likeness (QED) is 0.372. The summed E-state index contributed by atoms with van der Waals surface area (Å²) < 4.78 is 5.34. The minimum absolute atomic E-state index is 0.474. The largest absolute Gasteiger partial charge is 0.370 e. The van der Waals surface area contributed by atoms with Crippen LogP contribution in [0.3, 0.4) is 0 Å². The van der Waals surface area contributed by atoms with E-state index in [0.29, 0.717) is 10.2 Å². The average Bonchev–Trinajstić information content (AvgIpc) is 2.56. The number of rotatable bonds is 4. The molecule has 8 heteroatoms. The zero-order valence-electron chi connectivity index (χ0n) is 13.3. The fourth-order valence-corrected chi connectivity index (χ4v) is 2.60. The molecule has 1 aliphatic heterocycles. The summed E-state index contributed by atoms with van der Waals surface area (Å²) in [4.78, 5) is 1.54. The lowest BCUT2D eigenvalue weighted by Gasteiger charge is -2.24. The molecule has 0 aromatic heterocycles. The summed E-state index contributed by atoms with van der Waals surface area (Å²) in [6.45, 7) is 7.68. The van der Waals surface area contributed by atoms with Crippen LogP contribution in [0.15, 0.2) is 24.3 Å². The number of quaternary nitrogens is 1. The molecule has 1 aromatic rings. The molecule has 1 aliphatic rings. The summed E-state index contributed by atoms with van der Waals surface area (Å²) >= 11 is 10.5. The molecule has 1 aromatic carbocycles. The van der Waals surface area contributed by atoms with Crippen molar-refractivity contribution in [3.05, 3.63) is 29.8 Å². The lowest BCUT2D eigenvalue weighted by Crippen LogP contribution is -3.14. The lowest BCUT2D eigenvalue weighted by atomic mass is 10.2. The van der Waals surface area contributed by atoms with Crippen LogP contribution in [0.1, 0.15) is 5.56 Å². The Balaban J connectivity index is 1.60. The van der Waals surface area contributed by atoms with Gasteiger partial charge >= 0.3 is 0 Å². The van der Waals surface area contributed by atoms with E-state index in [4.69, 9.17) is 29.2 Å². The van der Waals surface area contributed by atoms with Crippen molar-refractivity contribution in [2.75, 3.05) is 44.7 Å². The molecule has 23 heavy (non-hydrogen) atoms. The molecule has 1 heterocycles. The summed E-state index contributed by atoms with van der Waals surface area (Å²) in [6, 6.07) is 7.96. The highest BCUT2D eigenvalue weighted by Crippen LogP contribution is 2.12. The zero-order valence-corrected chi connectivity index (χ0v) is 14.9. The van der Waals surface area contributed by atoms with E-state index in [9.17, 15) is 0 Å². The first-order valence-corrected chi connectivity index (χ1v) is 8.54. The van der Waals surface area contributed by atoms with Gasteiger partial charge in [0.05, 0.1) is 26.3 Å². The Labute approximate surface area is 147 Å². The fraction of sp³-hybridized carbons (Fsp3) is 0.467. The second-order valence-electron chi connectivity index (χ2n) is 5.39. The molecule has 0 unspecified atom stereocenters. The predicted octanol–water partition coefficient (Wildman–Crippen LogP) is -0.424. The minimum atomic E-state index is 0.474. The third-order valence-electron chi connectivity index (χ3n) is 3.65. The van der Waals surface area contributed by atoms with Gasteiger partial charge < -0.3 is 20.3 Å². The molecule has 0 spiro atoms. The van der Waals surface area contributed by atoms with Crippen molar-refractivity contribution in [3.8, 4) is 0 Å². The summed E-state index contributed by atoms with van der Waals surface area (Å²) in [6.07, 6.45) is 0. The number of benzene rings is 1. The van der Waals surface area contributed by atoms with E-state index in [1.54, 1.807) is 0 Å². The zero-order chi connectivity index (χ0) is 16.5. The summed E-state index contributed by atoms with van der Waals surface area (Å²) in [5, 5.41) is 7.30. The van der Waals surface area contributed by atoms with E-state index in [0.717, 1.165) is 50.6 Å². The second kappa shape index (κ2) is 9.61. The van der Waals surface area contributed by atoms with E-state index in [-0.39, 0.29) is 0 Å². The Morgan fingerprint density at radius 1 is 1.13 bits per heavy atom. The molecule has 0 aliphatic carbocycles. The molecule has 0 bridgehead atoms. The van der Waals surface area contributed by atoms with Gasteiger partial charge in [-0.15, -0.1) is 0 Å². The summed E-state index contributed by atoms with van der Waals surface area (Å²) in [5.74, 6) is 0. The number of ether oxygens (including phenoxy) is 1. The fourth-order valence-electron chi connectivity index (χ4n) is 2.29. The van der Waals surface area contributed by atoms with Crippen LogP contribution in [0, 0.1) is 6.92 Å². The van der Waals surface area contributed by atoms with Crippen LogP contribution in [0.4, 0.5) is 5.69 Å². The van der Waals surface area contributed by atoms with E-state index in [2.05, 4.69) is 21.5 Å². The SMILES string of the molecule is Cc1ccccc1NC(=S)NNC(=S)NCC[NH+]1CCOCC1. The van der Waals surface area contributed by atoms with Gasteiger partial charge in [0.1, 0.15) is 13.1 Å². The van der Waals surface area contributed by atoms with Crippen molar-refractivity contribution in [3.63, 3.8) is 0 Å². The second-order valence-corrected chi connectivity index (χ2v) is 6.20. The smallest absolute Gasteiger partial charge is 0.189 e. The van der Waals surface area contributed by atoms with Crippen LogP contribution < -0.4 is 26.4 Å². The molecule has 126 valence electrons. The number of nitrogens with one attached hydrogen (secondary N) is 5. The molecule has 0 amide bonds. The van der Waals surface area contributed by atoms with Gasteiger partial charge in [0.25, 0.3) is 0 Å². The molecule has 0 radical (unpaired) electrons. The molecule has 1 fully saturated rings. The van der Waals surface area contributed by atoms with Crippen LogP contribution >= 0.6 is 24.4 Å². The maximum Gasteiger partial charge on any atom is 0.189 e. The van der Waals surface area contributed by atoms with Gasteiger partial charge in [-0.1, -0.05) is 18.2 Å². The van der Waals surface area contributed by atoms with Gasteiger partial charge in [-0.05, 0) is 43.0 Å². The number of anilines is 1. The Morgan fingerprint density at radius 3 is 2.57 bits per heavy atom. The highest BCUT2D eigenvalue weighted by atomic mass is 32.1. The van der Waals surface area contributed by atoms with Gasteiger partial charge in [-0.3, -0.25) is 10.9 Å². The molecule has 0 saturated carbocycles. The van der Waals surface area contributed by atoms with Crippen molar-refractivity contribution in [1.82, 2.24) is 16.2 Å². The van der Waals surface area contributed by atoms with Crippen LogP contribution in [0.5, 0.6) is 0 Å². The minimum Gasteiger partial charge on any atom is -0.370 e. The van der Waals surface area contributed by atoms with Crippen LogP contribution in [-0.4, -0.2) is 49.6 Å². The molecule has 1 saturated heterocycles. The van der Waals surface area contributed by atoms with Gasteiger partial charge in [-0.2, -0.15) is 0 Å². The van der Waals surface area contributed by atoms with Crippen molar-refractivity contribution in [2.45, 2.75) is 6.92 Å². The maximum absolute atomic E-state index is 5.34. The number of thiocarbonyl (C=S) groups is 2. The Bertz CT molecular complexity index is 534. The Morgan fingerprint density at radius 2 is 1.83 bits per heavy atom. The van der Waals surface area contributed by atoms with Crippen LogP contribution in [-0.2, 0) is 4.74 Å². The summed E-state index contributed by atoms with van der Waals surface area (Å²) in [7, 11) is 0. The average molecular weight is 355 g/mol. The van der Waals surface area contributed by atoms with Crippen molar-refractivity contribution in [1.29, 1.82) is 0 Å². The maximum atomic E-state index is 5.34. The third kappa shape index (κ3) is 6.66. The van der Waals surface area contributed by atoms with Crippen LogP contribution in [0.25, 0.3) is 0 Å². The van der Waals surface area contributed by atoms with E-state index in [1.165, 1.54) is 4.90 Å². The third-order valence-corrected chi connectivity index (χ3v) is 4.10. The monoisotopic (exact) mass is 354 g/mol. The predicted molar refractivity (Wildman–Crippen MR) is 101 cm³/mol. The molecule has 6 nitrogen and oxygen atoms in total. The number of para-hydroxylation sites is 1. The molecular formula is C15H24N5OS2+. The highest BCUT2D eigenvalue weighted by molar-refractivity contribution is 7.80. The van der Waals surface area contributed by atoms with Gasteiger partial charge in [0, 0.05) is 5.69 Å². The lowest BCUT2D eigenvalue weighted by molar-refractivity contribution is -0.906. The number of aryl methyl sites for hydroxylation is 1. The van der Waals surface area contributed by atoms with E-state index in [1.807, 2.05) is 31.2 Å². The first-order chi connectivity index (χ1) is 11.1. The number of hydrogen-bond acceptors (Lipinski definition) is 3. The Kier molecular flexibility index (Phi) is 7.47. The first-order valence-electron chi connectivity index (χ1n) is 7.73. The molecule has 5 N–H and O–H groups in total. The highest BCUT2D eigenvalue weighted by Gasteiger charge is 2.12. The van der Waals surface area contributed by atoms with Crippen molar-refractivity contribution >= 4 is 40.3 Å². The normalized spacial score (nSPS) is 14.8. The van der Waals surface area contributed by atoms with Crippen LogP contribution in [0.2, 0.25) is 0 Å². The van der Waals surface area contributed by atoms with Gasteiger partial charge in [0.2, 0.25) is 0 Å². The Hall–Kier alpha value is -1.48. The van der Waals surface area contributed by atoms with Gasteiger partial charge in [0.15, 0.2) is 10.2 Å². The van der Waals surface area contributed by atoms with Crippen molar-refractivity contribution < 1.29 is 9.64 Å². The first kappa shape index (κ1) is 17.9. The number of morpholine rings is 1. The molecule has 2 rings (SSSR count). The molecular weight excluding hydrogens is 330 g/mol. The number of hydrogen-bond donors (Lipinski definition) is 5. The standard InChI is InChI=1S/C15H23N5OS2/c1-12-4-2-3-5-13(12)17-15(23)19-18-14(22)16-6-7-20-8-10-21-11-9-20/h2-5H,6-11H2,1H3,(H2,16,18,22)(H2,17,19,23)/p+1.